The van der Waals surface area contributed by atoms with E-state index in [4.69, 9.17) is 39.4 Å². The van der Waals surface area contributed by atoms with Crippen LogP contribution >= 0.6 is 23.2 Å². The number of ether oxygens (including phenoxy) is 1. The summed E-state index contributed by atoms with van der Waals surface area (Å²) in [7, 11) is -2.78. The highest BCUT2D eigenvalue weighted by molar-refractivity contribution is 7.93. The molecule has 0 atom stereocenters. The van der Waals surface area contributed by atoms with Crippen molar-refractivity contribution in [3.63, 3.8) is 0 Å². The molecule has 0 amide bonds. The minimum Gasteiger partial charge on any atom is -0.495 e. The fraction of sp³-hybridized carbons (Fsp3) is 0.118. The molecular weight excluding hydrogens is 439 g/mol. The van der Waals surface area contributed by atoms with E-state index < -0.39 is 10.0 Å². The van der Waals surface area contributed by atoms with E-state index in [2.05, 4.69) is 15.0 Å². The Morgan fingerprint density at radius 3 is 2.34 bits per heavy atom. The Morgan fingerprint density at radius 2 is 1.69 bits per heavy atom. The van der Waals surface area contributed by atoms with Crippen LogP contribution in [0, 0.1) is 0 Å². The van der Waals surface area contributed by atoms with Crippen molar-refractivity contribution in [1.29, 1.82) is 0 Å². The Kier molecular flexibility index (Phi) is 5.96. The minimum absolute atomic E-state index is 0.00368. The molecule has 1 aromatic heterocycles. The van der Waals surface area contributed by atoms with Gasteiger partial charge in [0.1, 0.15) is 10.6 Å². The second-order valence-corrected chi connectivity index (χ2v) is 8.40. The van der Waals surface area contributed by atoms with Gasteiger partial charge in [-0.3, -0.25) is 4.31 Å². The van der Waals surface area contributed by atoms with Gasteiger partial charge in [0.25, 0.3) is 10.0 Å². The largest absolute Gasteiger partial charge is 0.495 e. The Morgan fingerprint density at radius 1 is 1.03 bits per heavy atom. The molecule has 0 spiro atoms. The first-order valence-electron chi connectivity index (χ1n) is 8.09. The number of nitrogen functional groups attached to an aromatic ring is 2. The summed E-state index contributed by atoms with van der Waals surface area (Å²) in [5, 5.41) is 0.213. The first-order valence-corrected chi connectivity index (χ1v) is 10.3. The maximum absolute atomic E-state index is 13.5. The lowest BCUT2D eigenvalue weighted by Gasteiger charge is -2.26. The summed E-state index contributed by atoms with van der Waals surface area (Å²) in [4.78, 5) is 11.5. The minimum atomic E-state index is -4.21. The van der Waals surface area contributed by atoms with Crippen LogP contribution in [0.1, 0.15) is 5.82 Å². The average molecular weight is 455 g/mol. The summed E-state index contributed by atoms with van der Waals surface area (Å²) in [6, 6.07) is 10.7. The van der Waals surface area contributed by atoms with E-state index in [0.717, 1.165) is 4.31 Å². The topological polar surface area (TPSA) is 137 Å². The number of methoxy groups -OCH3 is 1. The van der Waals surface area contributed by atoms with Crippen LogP contribution in [0.15, 0.2) is 47.4 Å². The van der Waals surface area contributed by atoms with E-state index in [1.807, 2.05) is 0 Å². The molecule has 0 fully saturated rings. The number of nitrogens with zero attached hydrogens (tertiary/aromatic N) is 4. The van der Waals surface area contributed by atoms with Crippen LogP contribution in [0.25, 0.3) is 0 Å². The maximum atomic E-state index is 13.5. The summed E-state index contributed by atoms with van der Waals surface area (Å²) < 4.78 is 33.5. The summed E-state index contributed by atoms with van der Waals surface area (Å²) in [5.41, 5.74) is 11.5. The summed E-state index contributed by atoms with van der Waals surface area (Å²) >= 11 is 12.2. The highest BCUT2D eigenvalue weighted by Gasteiger charge is 2.30. The van der Waals surface area contributed by atoms with E-state index in [1.165, 1.54) is 25.3 Å². The van der Waals surface area contributed by atoms with Crippen molar-refractivity contribution in [3.8, 4) is 5.75 Å². The third-order valence-electron chi connectivity index (χ3n) is 3.82. The number of rotatable bonds is 6. The molecule has 0 aliphatic rings. The van der Waals surface area contributed by atoms with E-state index in [0.29, 0.717) is 5.75 Å². The van der Waals surface area contributed by atoms with Crippen molar-refractivity contribution in [2.45, 2.75) is 11.4 Å². The Balaban J connectivity index is 2.20. The molecule has 1 heterocycles. The predicted molar refractivity (Wildman–Crippen MR) is 111 cm³/mol. The molecule has 2 aromatic carbocycles. The molecule has 152 valence electrons. The number of sulfonamides is 1. The molecule has 0 unspecified atom stereocenters. The monoisotopic (exact) mass is 454 g/mol. The van der Waals surface area contributed by atoms with Gasteiger partial charge in [-0.05, 0) is 30.3 Å². The van der Waals surface area contributed by atoms with Gasteiger partial charge in [0.15, 0.2) is 5.82 Å². The molecule has 0 bridgehead atoms. The van der Waals surface area contributed by atoms with E-state index >= 15 is 0 Å². The quantitative estimate of drug-likeness (QED) is 0.579. The van der Waals surface area contributed by atoms with Gasteiger partial charge in [-0.2, -0.15) is 15.0 Å². The standard InChI is InChI=1S/C17H16Cl2N6O3S/c1-28-13-5-3-2-4-12(13)25(9-15-22-16(20)24-17(21)23-15)29(26,27)14-8-10(18)6-7-11(14)19/h2-8H,9H2,1H3,(H4,20,21,22,23,24). The SMILES string of the molecule is COc1ccccc1N(Cc1nc(N)nc(N)n1)S(=O)(=O)c1cc(Cl)ccc1Cl. The first-order chi connectivity index (χ1) is 13.7. The van der Waals surface area contributed by atoms with Crippen LogP contribution < -0.4 is 20.5 Å². The number of para-hydroxylation sites is 2. The lowest BCUT2D eigenvalue weighted by atomic mass is 10.3. The summed E-state index contributed by atoms with van der Waals surface area (Å²) in [6.07, 6.45) is 0. The third-order valence-corrected chi connectivity index (χ3v) is 6.29. The highest BCUT2D eigenvalue weighted by atomic mass is 35.5. The third kappa shape index (κ3) is 4.44. The van der Waals surface area contributed by atoms with Gasteiger partial charge >= 0.3 is 0 Å². The van der Waals surface area contributed by atoms with Gasteiger partial charge in [0.2, 0.25) is 11.9 Å². The number of anilines is 3. The zero-order valence-electron chi connectivity index (χ0n) is 15.1. The van der Waals surface area contributed by atoms with Crippen LogP contribution in [0.2, 0.25) is 10.0 Å². The van der Waals surface area contributed by atoms with E-state index in [9.17, 15) is 8.42 Å². The molecule has 29 heavy (non-hydrogen) atoms. The van der Waals surface area contributed by atoms with Gasteiger partial charge in [-0.15, -0.1) is 0 Å². The molecule has 0 saturated heterocycles. The fourth-order valence-electron chi connectivity index (χ4n) is 2.59. The maximum Gasteiger partial charge on any atom is 0.266 e. The summed E-state index contributed by atoms with van der Waals surface area (Å²) in [5.74, 6) is 0.0863. The molecule has 3 rings (SSSR count). The van der Waals surface area contributed by atoms with Crippen molar-refractivity contribution in [2.75, 3.05) is 22.9 Å². The van der Waals surface area contributed by atoms with Crippen molar-refractivity contribution in [1.82, 2.24) is 15.0 Å². The lowest BCUT2D eigenvalue weighted by Crippen LogP contribution is -2.32. The molecule has 9 nitrogen and oxygen atoms in total. The van der Waals surface area contributed by atoms with Crippen molar-refractivity contribution in [2.24, 2.45) is 0 Å². The van der Waals surface area contributed by atoms with Crippen LogP contribution in [0.3, 0.4) is 0 Å². The Bertz CT molecular complexity index is 1140. The molecular formula is C17H16Cl2N6O3S. The first kappa shape index (κ1) is 20.9. The van der Waals surface area contributed by atoms with Gasteiger partial charge in [0.05, 0.1) is 24.4 Å². The zero-order valence-corrected chi connectivity index (χ0v) is 17.4. The lowest BCUT2D eigenvalue weighted by molar-refractivity contribution is 0.415. The number of nitrogens with two attached hydrogens (primary N) is 2. The van der Waals surface area contributed by atoms with Crippen molar-refractivity contribution in [3.05, 3.63) is 58.3 Å². The molecule has 12 heteroatoms. The molecule has 0 radical (unpaired) electrons. The van der Waals surface area contributed by atoms with Crippen LogP contribution in [0.5, 0.6) is 5.75 Å². The van der Waals surface area contributed by atoms with Crippen molar-refractivity contribution >= 4 is 50.8 Å². The van der Waals surface area contributed by atoms with Crippen LogP contribution in [-0.4, -0.2) is 30.5 Å². The fourth-order valence-corrected chi connectivity index (χ4v) is 4.75. The molecule has 4 N–H and O–H groups in total. The van der Waals surface area contributed by atoms with Gasteiger partial charge in [-0.1, -0.05) is 35.3 Å². The van der Waals surface area contributed by atoms with E-state index in [1.54, 1.807) is 24.3 Å². The second kappa shape index (κ2) is 8.27. The van der Waals surface area contributed by atoms with Gasteiger partial charge in [0, 0.05) is 5.02 Å². The highest BCUT2D eigenvalue weighted by Crippen LogP contribution is 2.36. The number of hydrogen-bond donors (Lipinski definition) is 2. The smallest absolute Gasteiger partial charge is 0.266 e. The zero-order chi connectivity index (χ0) is 21.2. The van der Waals surface area contributed by atoms with Crippen molar-refractivity contribution < 1.29 is 13.2 Å². The number of hydrogen-bond acceptors (Lipinski definition) is 8. The number of halogens is 2. The predicted octanol–water partition coefficient (Wildman–Crippen LogP) is 2.75. The summed E-state index contributed by atoms with van der Waals surface area (Å²) in [6.45, 7) is -0.303. The average Bonchev–Trinajstić information content (AvgIpc) is 2.67. The van der Waals surface area contributed by atoms with E-state index in [-0.39, 0.29) is 44.9 Å². The second-order valence-electron chi connectivity index (χ2n) is 5.73. The number of aromatic nitrogens is 3. The molecule has 0 aliphatic carbocycles. The normalized spacial score (nSPS) is 11.3. The van der Waals surface area contributed by atoms with Gasteiger partial charge in [-0.25, -0.2) is 8.42 Å². The number of benzene rings is 2. The Labute approximate surface area is 177 Å². The molecule has 3 aromatic rings. The van der Waals surface area contributed by atoms with Crippen LogP contribution in [0.4, 0.5) is 17.6 Å². The van der Waals surface area contributed by atoms with Crippen LogP contribution in [-0.2, 0) is 16.6 Å². The van der Waals surface area contributed by atoms with Gasteiger partial charge < -0.3 is 16.2 Å². The molecule has 0 saturated carbocycles. The Hall–Kier alpha value is -2.82. The molecule has 0 aliphatic heterocycles.